The van der Waals surface area contributed by atoms with E-state index in [9.17, 15) is 24.0 Å². The minimum absolute atomic E-state index is 0.000963. The molecule has 12 heteroatoms. The molecule has 4 N–H and O–H groups in total. The van der Waals surface area contributed by atoms with Crippen molar-refractivity contribution in [2.24, 2.45) is 58.2 Å². The number of aryl methyl sites for hydroxylation is 1. The monoisotopic (exact) mass is 1010 g/mol. The van der Waals surface area contributed by atoms with Crippen molar-refractivity contribution >= 4 is 35.5 Å². The van der Waals surface area contributed by atoms with Gasteiger partial charge >= 0.3 is 6.16 Å². The first-order valence-electron chi connectivity index (χ1n) is 28.2. The maximum Gasteiger partial charge on any atom is 0.514 e. The molecule has 3 fully saturated rings. The maximum absolute atomic E-state index is 13.7. The first kappa shape index (κ1) is 57.6. The highest BCUT2D eigenvalue weighted by Crippen LogP contribution is 2.67. The third kappa shape index (κ3) is 16.1. The van der Waals surface area contributed by atoms with E-state index in [0.29, 0.717) is 54.8 Å². The zero-order chi connectivity index (χ0) is 52.9. The lowest BCUT2D eigenvalue weighted by atomic mass is 9.47. The number of fused-ring (bicyclic) bond motifs is 5. The minimum atomic E-state index is -0.882. The summed E-state index contributed by atoms with van der Waals surface area (Å²) in [5, 5.41) is 11.6. The normalized spacial score (nSPS) is 25.6. The number of ether oxygens (including phenoxy) is 3. The largest absolute Gasteiger partial charge is 0.514 e. The minimum Gasteiger partial charge on any atom is -0.429 e. The van der Waals surface area contributed by atoms with E-state index in [1.807, 2.05) is 46.8 Å². The van der Waals surface area contributed by atoms with Crippen LogP contribution in [0.5, 0.6) is 5.75 Å². The van der Waals surface area contributed by atoms with Gasteiger partial charge in [-0.25, -0.2) is 4.79 Å². The van der Waals surface area contributed by atoms with Crippen molar-refractivity contribution in [2.75, 3.05) is 18.5 Å². The molecule has 0 aromatic heterocycles. The highest BCUT2D eigenvalue weighted by molar-refractivity contribution is 5.98. The molecule has 4 amide bonds. The smallest absolute Gasteiger partial charge is 0.429 e. The Morgan fingerprint density at radius 3 is 2.08 bits per heavy atom. The molecular formula is C61H92N4O8. The van der Waals surface area contributed by atoms with Crippen LogP contribution in [0.2, 0.25) is 0 Å². The Bertz CT molecular complexity index is 2170. The van der Waals surface area contributed by atoms with Crippen molar-refractivity contribution in [3.63, 3.8) is 0 Å². The number of allylic oxidation sites excluding steroid dienone is 1. The number of rotatable bonds is 25. The van der Waals surface area contributed by atoms with Crippen LogP contribution >= 0.6 is 0 Å². The molecule has 12 nitrogen and oxygen atoms in total. The van der Waals surface area contributed by atoms with E-state index in [1.54, 1.807) is 42.0 Å². The number of hydrogen-bond acceptors (Lipinski definition) is 8. The molecule has 2 aromatic carbocycles. The second kappa shape index (κ2) is 26.7. The van der Waals surface area contributed by atoms with E-state index in [4.69, 9.17) is 14.2 Å². The number of hydrogen-bond donors (Lipinski definition) is 4. The zero-order valence-electron chi connectivity index (χ0n) is 46.2. The predicted molar refractivity (Wildman–Crippen MR) is 289 cm³/mol. The second-order valence-corrected chi connectivity index (χ2v) is 24.3. The quantitative estimate of drug-likeness (QED) is 0.0331. The van der Waals surface area contributed by atoms with Gasteiger partial charge in [-0.3, -0.25) is 19.2 Å². The van der Waals surface area contributed by atoms with Crippen LogP contribution in [0, 0.1) is 65.1 Å². The van der Waals surface area contributed by atoms with Crippen LogP contribution in [0.4, 0.5) is 10.5 Å². The van der Waals surface area contributed by atoms with Crippen molar-refractivity contribution < 1.29 is 38.2 Å². The number of anilines is 1. The summed E-state index contributed by atoms with van der Waals surface area (Å²) in [4.78, 5) is 65.5. The lowest BCUT2D eigenvalue weighted by Gasteiger charge is -2.58. The third-order valence-corrected chi connectivity index (χ3v) is 17.3. The summed E-state index contributed by atoms with van der Waals surface area (Å²) in [5.41, 5.74) is 4.66. The van der Waals surface area contributed by atoms with E-state index in [2.05, 4.69) is 62.0 Å². The Kier molecular flexibility index (Phi) is 21.0. The van der Waals surface area contributed by atoms with E-state index < -0.39 is 36.0 Å². The van der Waals surface area contributed by atoms with Crippen molar-refractivity contribution in [3.05, 3.63) is 71.3 Å². The van der Waals surface area contributed by atoms with Gasteiger partial charge in [-0.05, 0) is 166 Å². The number of carbonyl (C=O) groups excluding carboxylic acids is 5. The first-order valence-corrected chi connectivity index (χ1v) is 28.2. The van der Waals surface area contributed by atoms with Gasteiger partial charge in [0.2, 0.25) is 23.6 Å². The molecule has 10 atom stereocenters. The van der Waals surface area contributed by atoms with E-state index in [-0.39, 0.29) is 48.7 Å². The van der Waals surface area contributed by atoms with Crippen molar-refractivity contribution in [1.82, 2.24) is 16.0 Å². The number of carbonyl (C=O) groups is 5. The predicted octanol–water partition coefficient (Wildman–Crippen LogP) is 12.4. The summed E-state index contributed by atoms with van der Waals surface area (Å²) in [5.74, 6) is 4.04. The van der Waals surface area contributed by atoms with Gasteiger partial charge in [-0.2, -0.15) is 0 Å². The van der Waals surface area contributed by atoms with Gasteiger partial charge in [-0.1, -0.05) is 123 Å². The van der Waals surface area contributed by atoms with Gasteiger partial charge in [-0.15, -0.1) is 0 Å². The van der Waals surface area contributed by atoms with E-state index in [1.165, 1.54) is 57.8 Å². The van der Waals surface area contributed by atoms with Crippen LogP contribution in [0.25, 0.3) is 0 Å². The average Bonchev–Trinajstić information content (AvgIpc) is 3.70. The Hall–Kier alpha value is -4.71. The van der Waals surface area contributed by atoms with Gasteiger partial charge in [0.15, 0.2) is 0 Å². The molecule has 3 saturated carbocycles. The summed E-state index contributed by atoms with van der Waals surface area (Å²) in [6.07, 6.45) is 17.7. The highest BCUT2D eigenvalue weighted by atomic mass is 16.7. The van der Waals surface area contributed by atoms with Gasteiger partial charge in [0.05, 0.1) is 6.10 Å². The Morgan fingerprint density at radius 2 is 1.40 bits per heavy atom. The van der Waals surface area contributed by atoms with E-state index in [0.717, 1.165) is 53.9 Å². The van der Waals surface area contributed by atoms with Crippen LogP contribution in [0.3, 0.4) is 0 Å². The SMILES string of the molecule is Cc1ccc(OC(=O)OCc2ccc(NC(=O)[C@H](CC(C)C)NC(=O)[C@H](CC(C)C)NC(=O)CCC(=O)NCCCO[C@H]3CC[C@@]4(C)C(=CCC5[C@@H]6CC[C@H]([C@H](C)CCCC(C)C)[C@@]6(C)CC[C@@H]54)C3)cc2)cc1. The molecule has 0 radical (unpaired) electrons. The van der Waals surface area contributed by atoms with Gasteiger partial charge < -0.3 is 35.5 Å². The molecule has 0 bridgehead atoms. The third-order valence-electron chi connectivity index (χ3n) is 17.3. The molecule has 1 unspecified atom stereocenters. The average molecular weight is 1010 g/mol. The van der Waals surface area contributed by atoms with Gasteiger partial charge in [0.25, 0.3) is 0 Å². The van der Waals surface area contributed by atoms with Crippen molar-refractivity contribution in [3.8, 4) is 5.75 Å². The molecule has 4 aliphatic carbocycles. The lowest BCUT2D eigenvalue weighted by Crippen LogP contribution is -2.53. The Labute approximate surface area is 438 Å². The van der Waals surface area contributed by atoms with Crippen LogP contribution < -0.4 is 26.0 Å². The van der Waals surface area contributed by atoms with Crippen molar-refractivity contribution in [1.29, 1.82) is 0 Å². The molecule has 0 heterocycles. The van der Waals surface area contributed by atoms with Crippen LogP contribution in [-0.2, 0) is 35.3 Å². The van der Waals surface area contributed by atoms with Crippen LogP contribution in [0.1, 0.15) is 176 Å². The highest BCUT2D eigenvalue weighted by Gasteiger charge is 2.59. The number of amides is 4. The molecule has 0 spiro atoms. The summed E-state index contributed by atoms with van der Waals surface area (Å²) < 4.78 is 16.9. The number of nitrogens with one attached hydrogen (secondary N) is 4. The Morgan fingerprint density at radius 1 is 0.712 bits per heavy atom. The number of benzene rings is 2. The fourth-order valence-corrected chi connectivity index (χ4v) is 13.4. The van der Waals surface area contributed by atoms with Crippen LogP contribution in [-0.4, -0.2) is 61.1 Å². The molecule has 2 aromatic rings. The van der Waals surface area contributed by atoms with Crippen molar-refractivity contribution in [2.45, 2.75) is 197 Å². The zero-order valence-corrected chi connectivity index (χ0v) is 46.2. The summed E-state index contributed by atoms with van der Waals surface area (Å²) >= 11 is 0. The molecule has 73 heavy (non-hydrogen) atoms. The summed E-state index contributed by atoms with van der Waals surface area (Å²) in [7, 11) is 0. The maximum atomic E-state index is 13.7. The molecular weight excluding hydrogens is 917 g/mol. The molecule has 6 rings (SSSR count). The molecule has 404 valence electrons. The van der Waals surface area contributed by atoms with Gasteiger partial charge in [0.1, 0.15) is 24.4 Å². The standard InChI is InChI=1S/C61H92N4O8/c1-39(2)13-11-14-43(8)50-25-26-51-49-24-19-45-37-48(29-31-60(45,9)52(49)30-32-61(50,51)10)71-34-12-33-62-55(66)27-28-56(67)64-53(35-40(3)4)58(69)65-54(36-41(5)6)57(68)63-46-20-17-44(18-21-46)38-72-59(70)73-47-22-15-42(7)16-23-47/h15-23,39-41,43,48-54H,11-14,24-38H2,1-10H3,(H,62,66)(H,63,68)(H,64,67)(H,65,69)/t43-,48+,49?,50-,51+,52+,53+,54+,60+,61-/m1/s1. The molecule has 4 aliphatic rings. The summed E-state index contributed by atoms with van der Waals surface area (Å²) in [6, 6.07) is 12.1. The van der Waals surface area contributed by atoms with Crippen LogP contribution in [0.15, 0.2) is 60.2 Å². The first-order chi connectivity index (χ1) is 34.7. The molecule has 0 aliphatic heterocycles. The topological polar surface area (TPSA) is 161 Å². The fraction of sp³-hybridized carbons (Fsp3) is 0.689. The second-order valence-electron chi connectivity index (χ2n) is 24.3. The van der Waals surface area contributed by atoms with E-state index >= 15 is 0 Å². The lowest BCUT2D eigenvalue weighted by molar-refractivity contribution is -0.132. The Balaban J connectivity index is 0.885. The summed E-state index contributed by atoms with van der Waals surface area (Å²) in [6.45, 7) is 23.4. The molecule has 0 saturated heterocycles. The fourth-order valence-electron chi connectivity index (χ4n) is 13.4. The van der Waals surface area contributed by atoms with Gasteiger partial charge in [0, 0.05) is 31.7 Å².